The molecule has 5 nitrogen and oxygen atoms in total. The van der Waals surface area contributed by atoms with E-state index in [9.17, 15) is 9.59 Å². The van der Waals surface area contributed by atoms with Crippen LogP contribution in [-0.2, 0) is 16.0 Å². The van der Waals surface area contributed by atoms with Crippen LogP contribution in [0, 0.1) is 12.3 Å². The number of nitrogens with one attached hydrogen (secondary N) is 1. The lowest BCUT2D eigenvalue weighted by Crippen LogP contribution is -2.41. The summed E-state index contributed by atoms with van der Waals surface area (Å²) in [5.74, 6) is 0.630. The molecule has 94 valence electrons. The van der Waals surface area contributed by atoms with E-state index in [0.717, 1.165) is 5.56 Å². The van der Waals surface area contributed by atoms with Crippen LogP contribution in [0.3, 0.4) is 0 Å². The molecule has 0 aliphatic rings. The van der Waals surface area contributed by atoms with Gasteiger partial charge in [0.2, 0.25) is 0 Å². The van der Waals surface area contributed by atoms with Crippen LogP contribution >= 0.6 is 0 Å². The molecule has 0 spiro atoms. The zero-order valence-electron chi connectivity index (χ0n) is 9.84. The number of benzene rings is 1. The van der Waals surface area contributed by atoms with E-state index >= 15 is 0 Å². The van der Waals surface area contributed by atoms with Gasteiger partial charge >= 0.3 is 5.97 Å². The van der Waals surface area contributed by atoms with Crippen LogP contribution in [-0.4, -0.2) is 30.1 Å². The summed E-state index contributed by atoms with van der Waals surface area (Å²) in [6.45, 7) is 0. The maximum absolute atomic E-state index is 11.0. The quantitative estimate of drug-likeness (QED) is 0.740. The number of aliphatic carboxylic acids is 1. The molecule has 1 amide bonds. The molecule has 0 fully saturated rings. The first-order valence-corrected chi connectivity index (χ1v) is 5.19. The number of terminal acetylenes is 1. The molecule has 0 saturated carbocycles. The Labute approximate surface area is 105 Å². The molecule has 1 aromatic carbocycles. The molecule has 1 atom stereocenters. The Bertz CT molecular complexity index is 473. The summed E-state index contributed by atoms with van der Waals surface area (Å²) < 4.78 is 4.99. The van der Waals surface area contributed by atoms with Gasteiger partial charge in [-0.05, 0) is 23.6 Å². The van der Waals surface area contributed by atoms with Crippen molar-refractivity contribution in [3.8, 4) is 18.1 Å². The summed E-state index contributed by atoms with van der Waals surface area (Å²) in [4.78, 5) is 22.0. The highest BCUT2D eigenvalue weighted by Crippen LogP contribution is 2.12. The number of amides is 1. The highest BCUT2D eigenvalue weighted by Gasteiger charge is 2.19. The first-order valence-electron chi connectivity index (χ1n) is 5.19. The number of carbonyl (C=O) groups excluding carboxylic acids is 1. The fourth-order valence-corrected chi connectivity index (χ4v) is 1.40. The molecule has 0 radical (unpaired) electrons. The third-order valence-corrected chi connectivity index (χ3v) is 2.33. The van der Waals surface area contributed by atoms with Crippen molar-refractivity contribution in [3.05, 3.63) is 29.8 Å². The molecule has 1 aromatic rings. The van der Waals surface area contributed by atoms with E-state index < -0.39 is 17.9 Å². The van der Waals surface area contributed by atoms with Crippen molar-refractivity contribution in [1.29, 1.82) is 0 Å². The van der Waals surface area contributed by atoms with Crippen LogP contribution in [0.15, 0.2) is 24.3 Å². The second kappa shape index (κ2) is 6.30. The molecular weight excluding hydrogens is 234 g/mol. The molecule has 18 heavy (non-hydrogen) atoms. The van der Waals surface area contributed by atoms with Crippen LogP contribution in [0.2, 0.25) is 0 Å². The van der Waals surface area contributed by atoms with Crippen LogP contribution < -0.4 is 10.1 Å². The highest BCUT2D eigenvalue weighted by atomic mass is 16.5. The standard InChI is InChI=1S/C13H13NO4/c1-3-12(15)14-11(13(16)17)8-9-4-6-10(18-2)7-5-9/h1,4-7,11H,8H2,2H3,(H,14,15)(H,16,17)/t11-/m0/s1. The number of hydrogen-bond acceptors (Lipinski definition) is 3. The lowest BCUT2D eigenvalue weighted by Gasteiger charge is -2.12. The number of carboxylic acids is 1. The topological polar surface area (TPSA) is 75.6 Å². The first-order chi connectivity index (χ1) is 8.56. The maximum atomic E-state index is 11.0. The summed E-state index contributed by atoms with van der Waals surface area (Å²) in [5, 5.41) is 11.2. The molecule has 0 bridgehead atoms. The van der Waals surface area contributed by atoms with Gasteiger partial charge in [0.15, 0.2) is 0 Å². The van der Waals surface area contributed by atoms with E-state index in [0.29, 0.717) is 5.75 Å². The largest absolute Gasteiger partial charge is 0.497 e. The third-order valence-electron chi connectivity index (χ3n) is 2.33. The lowest BCUT2D eigenvalue weighted by atomic mass is 10.1. The van der Waals surface area contributed by atoms with Gasteiger partial charge in [-0.15, -0.1) is 6.42 Å². The van der Waals surface area contributed by atoms with Gasteiger partial charge in [-0.25, -0.2) is 4.79 Å². The summed E-state index contributed by atoms with van der Waals surface area (Å²) in [7, 11) is 1.54. The highest BCUT2D eigenvalue weighted by molar-refractivity contribution is 5.95. The molecule has 0 aromatic heterocycles. The van der Waals surface area contributed by atoms with Crippen molar-refractivity contribution in [1.82, 2.24) is 5.32 Å². The van der Waals surface area contributed by atoms with Gasteiger partial charge in [0.05, 0.1) is 7.11 Å². The fraction of sp³-hybridized carbons (Fsp3) is 0.231. The minimum atomic E-state index is -1.13. The fourth-order valence-electron chi connectivity index (χ4n) is 1.40. The predicted molar refractivity (Wildman–Crippen MR) is 65.1 cm³/mol. The summed E-state index contributed by atoms with van der Waals surface area (Å²) in [5.41, 5.74) is 0.764. The predicted octanol–water partition coefficient (Wildman–Crippen LogP) is 0.440. The minimum absolute atomic E-state index is 0.159. The minimum Gasteiger partial charge on any atom is -0.497 e. The second-order valence-electron chi connectivity index (χ2n) is 3.56. The Balaban J connectivity index is 2.74. The SMILES string of the molecule is C#CC(=O)N[C@@H](Cc1ccc(OC)cc1)C(=O)O. The van der Waals surface area contributed by atoms with Crippen molar-refractivity contribution >= 4 is 11.9 Å². The van der Waals surface area contributed by atoms with Gasteiger partial charge in [-0.2, -0.15) is 0 Å². The number of carbonyl (C=O) groups is 2. The van der Waals surface area contributed by atoms with Crippen molar-refractivity contribution in [2.75, 3.05) is 7.11 Å². The van der Waals surface area contributed by atoms with Crippen LogP contribution in [0.5, 0.6) is 5.75 Å². The maximum Gasteiger partial charge on any atom is 0.326 e. The average Bonchev–Trinajstić information content (AvgIpc) is 2.38. The number of ether oxygens (including phenoxy) is 1. The summed E-state index contributed by atoms with van der Waals surface area (Å²) >= 11 is 0. The van der Waals surface area contributed by atoms with E-state index in [-0.39, 0.29) is 6.42 Å². The smallest absolute Gasteiger partial charge is 0.326 e. The Kier molecular flexibility index (Phi) is 4.76. The lowest BCUT2D eigenvalue weighted by molar-refractivity contribution is -0.141. The Morgan fingerprint density at radius 1 is 1.44 bits per heavy atom. The monoisotopic (exact) mass is 247 g/mol. The van der Waals surface area contributed by atoms with Crippen LogP contribution in [0.4, 0.5) is 0 Å². The number of carboxylic acid groups (broad SMARTS) is 1. The second-order valence-corrected chi connectivity index (χ2v) is 3.56. The van der Waals surface area contributed by atoms with Crippen molar-refractivity contribution in [2.45, 2.75) is 12.5 Å². The van der Waals surface area contributed by atoms with E-state index in [1.165, 1.54) is 0 Å². The molecule has 0 aliphatic carbocycles. The molecular formula is C13H13NO4. The van der Waals surface area contributed by atoms with Gasteiger partial charge in [-0.1, -0.05) is 12.1 Å². The van der Waals surface area contributed by atoms with Gasteiger partial charge in [0.1, 0.15) is 11.8 Å². The summed E-state index contributed by atoms with van der Waals surface area (Å²) in [6.07, 6.45) is 5.04. The average molecular weight is 247 g/mol. The number of methoxy groups -OCH3 is 1. The molecule has 2 N–H and O–H groups in total. The third kappa shape index (κ3) is 3.83. The normalized spacial score (nSPS) is 11.1. The van der Waals surface area contributed by atoms with Gasteiger partial charge in [0, 0.05) is 6.42 Å². The first kappa shape index (κ1) is 13.6. The van der Waals surface area contributed by atoms with Crippen LogP contribution in [0.1, 0.15) is 5.56 Å². The summed E-state index contributed by atoms with van der Waals surface area (Å²) in [6, 6.07) is 5.86. The molecule has 0 heterocycles. The van der Waals surface area contributed by atoms with E-state index in [2.05, 4.69) is 5.32 Å². The van der Waals surface area contributed by atoms with Crippen LogP contribution in [0.25, 0.3) is 0 Å². The van der Waals surface area contributed by atoms with E-state index in [1.807, 2.05) is 5.92 Å². The van der Waals surface area contributed by atoms with E-state index in [4.69, 9.17) is 16.3 Å². The van der Waals surface area contributed by atoms with Gasteiger partial charge in [-0.3, -0.25) is 4.79 Å². The van der Waals surface area contributed by atoms with Crippen molar-refractivity contribution < 1.29 is 19.4 Å². The number of rotatable bonds is 5. The van der Waals surface area contributed by atoms with Crippen molar-refractivity contribution in [2.24, 2.45) is 0 Å². The Hall–Kier alpha value is -2.48. The molecule has 0 saturated heterocycles. The van der Waals surface area contributed by atoms with Crippen molar-refractivity contribution in [3.63, 3.8) is 0 Å². The molecule has 0 aliphatic heterocycles. The van der Waals surface area contributed by atoms with E-state index in [1.54, 1.807) is 31.4 Å². The Morgan fingerprint density at radius 3 is 2.50 bits per heavy atom. The van der Waals surface area contributed by atoms with Gasteiger partial charge in [0.25, 0.3) is 5.91 Å². The zero-order chi connectivity index (χ0) is 13.5. The zero-order valence-corrected chi connectivity index (χ0v) is 9.84. The molecule has 5 heteroatoms. The Morgan fingerprint density at radius 2 is 2.06 bits per heavy atom. The van der Waals surface area contributed by atoms with Gasteiger partial charge < -0.3 is 15.2 Å². The molecule has 1 rings (SSSR count). The number of hydrogen-bond donors (Lipinski definition) is 2. The molecule has 0 unspecified atom stereocenters.